The summed E-state index contributed by atoms with van der Waals surface area (Å²) < 4.78 is 0. The van der Waals surface area contributed by atoms with E-state index in [-0.39, 0.29) is 18.1 Å². The first-order valence-electron chi connectivity index (χ1n) is 7.01. The zero-order chi connectivity index (χ0) is 15.8. The van der Waals surface area contributed by atoms with E-state index in [1.165, 1.54) is 0 Å². The van der Waals surface area contributed by atoms with E-state index >= 15 is 0 Å². The first kappa shape index (κ1) is 16.7. The van der Waals surface area contributed by atoms with Gasteiger partial charge in [-0.15, -0.1) is 0 Å². The fourth-order valence-corrected chi connectivity index (χ4v) is 2.00. The van der Waals surface area contributed by atoms with Gasteiger partial charge in [0.05, 0.1) is 11.5 Å². The summed E-state index contributed by atoms with van der Waals surface area (Å²) in [5.74, 6) is -0.182. The number of nitro benzene ring substituents is 1. The number of rotatable bonds is 8. The van der Waals surface area contributed by atoms with Crippen LogP contribution < -0.4 is 15.5 Å². The smallest absolute Gasteiger partial charge is 0.315 e. The lowest BCUT2D eigenvalue weighted by Crippen LogP contribution is -2.35. The Kier molecular flexibility index (Phi) is 6.45. The minimum atomic E-state index is -0.403. The highest BCUT2D eigenvalue weighted by molar-refractivity contribution is 5.84. The molecule has 0 saturated heterocycles. The zero-order valence-corrected chi connectivity index (χ0v) is 12.7. The molecule has 7 heteroatoms. The molecule has 0 fully saturated rings. The van der Waals surface area contributed by atoms with Crippen molar-refractivity contribution < 1.29 is 9.72 Å². The summed E-state index contributed by atoms with van der Waals surface area (Å²) in [5, 5.41) is 17.0. The molecule has 1 aromatic carbocycles. The quantitative estimate of drug-likeness (QED) is 0.565. The summed E-state index contributed by atoms with van der Waals surface area (Å²) in [7, 11) is 1.55. The predicted octanol–water partition coefficient (Wildman–Crippen LogP) is 1.99. The number of hydrogen-bond acceptors (Lipinski definition) is 5. The monoisotopic (exact) mass is 294 g/mol. The average molecular weight is 294 g/mol. The minimum Gasteiger partial charge on any atom is -0.379 e. The van der Waals surface area contributed by atoms with Crippen molar-refractivity contribution in [3.63, 3.8) is 0 Å². The molecule has 1 aromatic rings. The second-order valence-corrected chi connectivity index (χ2v) is 4.54. The molecule has 0 unspecified atom stereocenters. The molecule has 0 spiro atoms. The molecule has 7 nitrogen and oxygen atoms in total. The van der Waals surface area contributed by atoms with Crippen LogP contribution in [0.4, 0.5) is 17.1 Å². The summed E-state index contributed by atoms with van der Waals surface area (Å²) in [5.41, 5.74) is 0.943. The number of carbonyl (C=O) groups excluding carboxylic acids is 1. The third kappa shape index (κ3) is 4.34. The van der Waals surface area contributed by atoms with Gasteiger partial charge in [0.15, 0.2) is 0 Å². The fourth-order valence-electron chi connectivity index (χ4n) is 2.00. The topological polar surface area (TPSA) is 87.5 Å². The van der Waals surface area contributed by atoms with Crippen LogP contribution in [0.25, 0.3) is 0 Å². The third-order valence-corrected chi connectivity index (χ3v) is 3.10. The van der Waals surface area contributed by atoms with Crippen LogP contribution in [0.1, 0.15) is 20.3 Å². The van der Waals surface area contributed by atoms with E-state index in [4.69, 9.17) is 0 Å². The van der Waals surface area contributed by atoms with Gasteiger partial charge in [-0.05, 0) is 25.5 Å². The van der Waals surface area contributed by atoms with Crippen LogP contribution in [-0.4, -0.2) is 37.5 Å². The summed E-state index contributed by atoms with van der Waals surface area (Å²) in [6.07, 6.45) is 0.872. The van der Waals surface area contributed by atoms with Crippen molar-refractivity contribution in [3.05, 3.63) is 28.3 Å². The van der Waals surface area contributed by atoms with Crippen LogP contribution in [-0.2, 0) is 4.79 Å². The lowest BCUT2D eigenvalue weighted by Gasteiger charge is -2.22. The van der Waals surface area contributed by atoms with Crippen LogP contribution in [0, 0.1) is 10.1 Å². The van der Waals surface area contributed by atoms with E-state index < -0.39 is 4.92 Å². The van der Waals surface area contributed by atoms with Crippen LogP contribution in [0.5, 0.6) is 0 Å². The molecule has 0 atom stereocenters. The highest BCUT2D eigenvalue weighted by atomic mass is 16.6. The van der Waals surface area contributed by atoms with Gasteiger partial charge in [0, 0.05) is 20.1 Å². The summed E-state index contributed by atoms with van der Waals surface area (Å²) >= 11 is 0. The maximum Gasteiger partial charge on any atom is 0.315 e. The van der Waals surface area contributed by atoms with Gasteiger partial charge < -0.3 is 15.5 Å². The largest absolute Gasteiger partial charge is 0.379 e. The van der Waals surface area contributed by atoms with E-state index in [2.05, 4.69) is 10.6 Å². The molecule has 0 aliphatic carbocycles. The number of nitrogens with zero attached hydrogens (tertiary/aromatic N) is 2. The molecular formula is C14H22N4O3. The molecule has 0 radical (unpaired) electrons. The highest BCUT2D eigenvalue weighted by Gasteiger charge is 2.24. The maximum absolute atomic E-state index is 11.6. The Bertz CT molecular complexity index is 505. The first-order valence-corrected chi connectivity index (χ1v) is 7.01. The molecule has 0 saturated carbocycles. The third-order valence-electron chi connectivity index (χ3n) is 3.10. The van der Waals surface area contributed by atoms with Crippen molar-refractivity contribution in [2.45, 2.75) is 20.3 Å². The van der Waals surface area contributed by atoms with Crippen LogP contribution in [0.2, 0.25) is 0 Å². The van der Waals surface area contributed by atoms with Gasteiger partial charge in [-0.1, -0.05) is 13.0 Å². The Hall–Kier alpha value is -2.31. The number of nitro groups is 1. The number of amides is 1. The standard InChI is InChI=1S/C14H22N4O3/c1-4-9-16-11-7-6-8-12(14(11)18(20)21)17(5-2)10-13(19)15-3/h6-8,16H,4-5,9-10H2,1-3H3,(H,15,19). The number of likely N-dealkylation sites (N-methyl/N-ethyl adjacent to an activating group) is 2. The fraction of sp³-hybridized carbons (Fsp3) is 0.500. The summed E-state index contributed by atoms with van der Waals surface area (Å²) in [4.78, 5) is 24.3. The van der Waals surface area contributed by atoms with Crippen LogP contribution >= 0.6 is 0 Å². The van der Waals surface area contributed by atoms with Gasteiger partial charge in [-0.2, -0.15) is 0 Å². The highest BCUT2D eigenvalue weighted by Crippen LogP contribution is 2.35. The Morgan fingerprint density at radius 3 is 2.62 bits per heavy atom. The molecule has 0 bridgehead atoms. The normalized spacial score (nSPS) is 10.0. The second kappa shape index (κ2) is 8.08. The molecule has 0 aliphatic heterocycles. The van der Waals surface area contributed by atoms with Crippen molar-refractivity contribution in [1.29, 1.82) is 0 Å². The first-order chi connectivity index (χ1) is 10.0. The molecular weight excluding hydrogens is 272 g/mol. The lowest BCUT2D eigenvalue weighted by molar-refractivity contribution is -0.383. The summed E-state index contributed by atoms with van der Waals surface area (Å²) in [6.45, 7) is 5.11. The Morgan fingerprint density at radius 2 is 2.10 bits per heavy atom. The van der Waals surface area contributed by atoms with Gasteiger partial charge in [-0.3, -0.25) is 14.9 Å². The van der Waals surface area contributed by atoms with Crippen molar-refractivity contribution in [2.75, 3.05) is 36.9 Å². The van der Waals surface area contributed by atoms with Crippen molar-refractivity contribution in [1.82, 2.24) is 5.32 Å². The van der Waals surface area contributed by atoms with Crippen molar-refractivity contribution >= 4 is 23.0 Å². The number of benzene rings is 1. The average Bonchev–Trinajstić information content (AvgIpc) is 2.49. The van der Waals surface area contributed by atoms with E-state index in [1.54, 1.807) is 30.1 Å². The van der Waals surface area contributed by atoms with Gasteiger partial charge in [0.2, 0.25) is 5.91 Å². The minimum absolute atomic E-state index is 0.0108. The molecule has 0 aromatic heterocycles. The molecule has 1 rings (SSSR count). The maximum atomic E-state index is 11.6. The number of nitrogens with one attached hydrogen (secondary N) is 2. The SMILES string of the molecule is CCCNc1cccc(N(CC)CC(=O)NC)c1[N+](=O)[O-]. The Labute approximate surface area is 124 Å². The van der Waals surface area contributed by atoms with E-state index in [0.29, 0.717) is 24.5 Å². The van der Waals surface area contributed by atoms with Crippen molar-refractivity contribution in [2.24, 2.45) is 0 Å². The number of carbonyl (C=O) groups is 1. The molecule has 1 amide bonds. The van der Waals surface area contributed by atoms with Crippen LogP contribution in [0.15, 0.2) is 18.2 Å². The molecule has 0 aliphatic rings. The van der Waals surface area contributed by atoms with Crippen LogP contribution in [0.3, 0.4) is 0 Å². The van der Waals surface area contributed by atoms with Gasteiger partial charge >= 0.3 is 5.69 Å². The van der Waals surface area contributed by atoms with E-state index in [1.807, 2.05) is 13.8 Å². The van der Waals surface area contributed by atoms with Gasteiger partial charge in [0.1, 0.15) is 11.4 Å². The summed E-state index contributed by atoms with van der Waals surface area (Å²) in [6, 6.07) is 5.11. The molecule has 0 heterocycles. The number of hydrogen-bond donors (Lipinski definition) is 2. The lowest BCUT2D eigenvalue weighted by atomic mass is 10.2. The molecule has 2 N–H and O–H groups in total. The number of anilines is 2. The molecule has 21 heavy (non-hydrogen) atoms. The van der Waals surface area contributed by atoms with E-state index in [9.17, 15) is 14.9 Å². The van der Waals surface area contributed by atoms with Gasteiger partial charge in [-0.25, -0.2) is 0 Å². The predicted molar refractivity (Wildman–Crippen MR) is 83.8 cm³/mol. The molecule has 116 valence electrons. The van der Waals surface area contributed by atoms with Crippen molar-refractivity contribution in [3.8, 4) is 0 Å². The van der Waals surface area contributed by atoms with Gasteiger partial charge in [0.25, 0.3) is 0 Å². The van der Waals surface area contributed by atoms with E-state index in [0.717, 1.165) is 6.42 Å². The number of para-hydroxylation sites is 1. The second-order valence-electron chi connectivity index (χ2n) is 4.54. The Morgan fingerprint density at radius 1 is 1.38 bits per heavy atom. The Balaban J connectivity index is 3.19. The zero-order valence-electron chi connectivity index (χ0n) is 12.7.